The van der Waals surface area contributed by atoms with Gasteiger partial charge in [-0.15, -0.1) is 0 Å². The fraction of sp³-hybridized carbons (Fsp3) is 0.833. The van der Waals surface area contributed by atoms with Gasteiger partial charge in [-0.25, -0.2) is 4.79 Å². The van der Waals surface area contributed by atoms with Crippen LogP contribution in [0.1, 0.15) is 6.92 Å². The first-order valence-corrected chi connectivity index (χ1v) is 3.51. The Morgan fingerprint density at radius 1 is 1.36 bits per heavy atom. The van der Waals surface area contributed by atoms with Gasteiger partial charge in [-0.05, 0) is 6.92 Å². The Morgan fingerprint density at radius 2 is 1.79 bits per heavy atom. The van der Waals surface area contributed by atoms with E-state index in [1.165, 1.54) is 6.92 Å². The smallest absolute Gasteiger partial charge is 0.410 e. The van der Waals surface area contributed by atoms with Crippen LogP contribution in [0.2, 0.25) is 0 Å². The standard InChI is InChI=1S/C6H8F5NO2/c1-2-14-4(13)5(7,8)3(12)6(9,10)11/h3H,2,12H2,1H3/t3-/m1/s1. The van der Waals surface area contributed by atoms with E-state index in [0.29, 0.717) is 0 Å². The first-order valence-electron chi connectivity index (χ1n) is 3.51. The number of alkyl halides is 5. The van der Waals surface area contributed by atoms with Gasteiger partial charge in [0.1, 0.15) is 0 Å². The molecule has 0 fully saturated rings. The molecule has 8 heteroatoms. The van der Waals surface area contributed by atoms with Gasteiger partial charge < -0.3 is 10.5 Å². The lowest BCUT2D eigenvalue weighted by atomic mass is 10.1. The second-order valence-corrected chi connectivity index (χ2v) is 2.36. The Kier molecular flexibility index (Phi) is 3.81. The molecule has 14 heavy (non-hydrogen) atoms. The van der Waals surface area contributed by atoms with Gasteiger partial charge in [0.2, 0.25) is 0 Å². The van der Waals surface area contributed by atoms with E-state index in [-0.39, 0.29) is 0 Å². The average molecular weight is 221 g/mol. The van der Waals surface area contributed by atoms with Gasteiger partial charge in [0.05, 0.1) is 6.61 Å². The Hall–Kier alpha value is -0.920. The van der Waals surface area contributed by atoms with Gasteiger partial charge in [-0.3, -0.25) is 0 Å². The molecule has 0 aromatic rings. The fourth-order valence-corrected chi connectivity index (χ4v) is 0.560. The van der Waals surface area contributed by atoms with Crippen molar-refractivity contribution in [2.24, 2.45) is 5.73 Å². The third kappa shape index (κ3) is 2.79. The molecule has 1 atom stereocenters. The molecule has 0 aliphatic heterocycles. The van der Waals surface area contributed by atoms with Crippen molar-refractivity contribution in [1.82, 2.24) is 0 Å². The van der Waals surface area contributed by atoms with Gasteiger partial charge in [0.15, 0.2) is 6.04 Å². The van der Waals surface area contributed by atoms with Crippen molar-refractivity contribution < 1.29 is 31.5 Å². The van der Waals surface area contributed by atoms with Crippen molar-refractivity contribution in [2.75, 3.05) is 6.61 Å². The molecule has 0 unspecified atom stereocenters. The second-order valence-electron chi connectivity index (χ2n) is 2.36. The van der Waals surface area contributed by atoms with Gasteiger partial charge >= 0.3 is 18.1 Å². The Labute approximate surface area is 76.0 Å². The lowest BCUT2D eigenvalue weighted by Crippen LogP contribution is -2.56. The van der Waals surface area contributed by atoms with Crippen LogP contribution in [0.4, 0.5) is 22.0 Å². The number of ether oxygens (including phenoxy) is 1. The summed E-state index contributed by atoms with van der Waals surface area (Å²) in [6, 6.07) is -3.55. The molecule has 0 aromatic carbocycles. The predicted molar refractivity (Wildman–Crippen MR) is 35.6 cm³/mol. The zero-order chi connectivity index (χ0) is 11.6. The quantitative estimate of drug-likeness (QED) is 0.573. The molecule has 0 heterocycles. The van der Waals surface area contributed by atoms with Crippen molar-refractivity contribution in [3.8, 4) is 0 Å². The summed E-state index contributed by atoms with van der Waals surface area (Å²) in [5.41, 5.74) is 4.18. The SMILES string of the molecule is CCOC(=O)C(F)(F)[C@@H](N)C(F)(F)F. The summed E-state index contributed by atoms with van der Waals surface area (Å²) in [5.74, 6) is -7.03. The van der Waals surface area contributed by atoms with Gasteiger partial charge in [-0.2, -0.15) is 22.0 Å². The zero-order valence-electron chi connectivity index (χ0n) is 7.07. The minimum Gasteiger partial charge on any atom is -0.462 e. The zero-order valence-corrected chi connectivity index (χ0v) is 7.07. The maximum Gasteiger partial charge on any atom is 0.410 e. The van der Waals surface area contributed by atoms with Crippen LogP contribution in [0.5, 0.6) is 0 Å². The second kappa shape index (κ2) is 4.07. The van der Waals surface area contributed by atoms with Gasteiger partial charge in [0.25, 0.3) is 0 Å². The molecule has 0 amide bonds. The molecule has 0 saturated heterocycles. The normalized spacial score (nSPS) is 15.1. The molecule has 0 aliphatic carbocycles. The highest BCUT2D eigenvalue weighted by Gasteiger charge is 2.59. The summed E-state index contributed by atoms with van der Waals surface area (Å²) in [6.07, 6.45) is -5.35. The Morgan fingerprint density at radius 3 is 2.07 bits per heavy atom. The summed E-state index contributed by atoms with van der Waals surface area (Å²) >= 11 is 0. The molecule has 2 N–H and O–H groups in total. The number of carbonyl (C=O) groups excluding carboxylic acids is 1. The third-order valence-corrected chi connectivity index (χ3v) is 1.29. The number of halogens is 5. The largest absolute Gasteiger partial charge is 0.462 e. The van der Waals surface area contributed by atoms with E-state index < -0.39 is 30.7 Å². The average Bonchev–Trinajstić information content (AvgIpc) is 2.01. The first kappa shape index (κ1) is 13.1. The van der Waals surface area contributed by atoms with Crippen molar-refractivity contribution in [1.29, 1.82) is 0 Å². The molecule has 0 spiro atoms. The highest BCUT2D eigenvalue weighted by atomic mass is 19.4. The summed E-state index contributed by atoms with van der Waals surface area (Å²) in [5, 5.41) is 0. The summed E-state index contributed by atoms with van der Waals surface area (Å²) in [6.45, 7) is 0.742. The molecule has 3 nitrogen and oxygen atoms in total. The number of hydrogen-bond acceptors (Lipinski definition) is 3. The maximum atomic E-state index is 12.6. The maximum absolute atomic E-state index is 12.6. The monoisotopic (exact) mass is 221 g/mol. The van der Waals surface area contributed by atoms with Crippen LogP contribution in [0.3, 0.4) is 0 Å². The number of hydrogen-bond donors (Lipinski definition) is 1. The van der Waals surface area contributed by atoms with E-state index in [0.717, 1.165) is 0 Å². The molecule has 0 saturated carbocycles. The molecule has 0 aliphatic rings. The molecular formula is C6H8F5NO2. The summed E-state index contributed by atoms with van der Waals surface area (Å²) in [7, 11) is 0. The fourth-order valence-electron chi connectivity index (χ4n) is 0.560. The number of rotatable bonds is 3. The van der Waals surface area contributed by atoms with Crippen molar-refractivity contribution in [3.63, 3.8) is 0 Å². The number of nitrogens with two attached hydrogens (primary N) is 1. The van der Waals surface area contributed by atoms with E-state index in [4.69, 9.17) is 0 Å². The topological polar surface area (TPSA) is 52.3 Å². The van der Waals surface area contributed by atoms with Gasteiger partial charge in [-0.1, -0.05) is 0 Å². The molecule has 0 rings (SSSR count). The lowest BCUT2D eigenvalue weighted by Gasteiger charge is -2.23. The van der Waals surface area contributed by atoms with Crippen molar-refractivity contribution in [3.05, 3.63) is 0 Å². The summed E-state index contributed by atoms with van der Waals surface area (Å²) in [4.78, 5) is 10.4. The van der Waals surface area contributed by atoms with Crippen LogP contribution in [0, 0.1) is 0 Å². The minimum absolute atomic E-state index is 0.445. The molecule has 0 aromatic heterocycles. The highest BCUT2D eigenvalue weighted by molar-refractivity contribution is 5.78. The van der Waals surface area contributed by atoms with E-state index in [1.807, 2.05) is 0 Å². The first-order chi connectivity index (χ1) is 6.14. The van der Waals surface area contributed by atoms with Crippen molar-refractivity contribution >= 4 is 5.97 Å². The van der Waals surface area contributed by atoms with E-state index in [1.54, 1.807) is 0 Å². The summed E-state index contributed by atoms with van der Waals surface area (Å²) < 4.78 is 64.1. The van der Waals surface area contributed by atoms with Crippen LogP contribution >= 0.6 is 0 Å². The molecular weight excluding hydrogens is 213 g/mol. The molecule has 0 bridgehead atoms. The van der Waals surface area contributed by atoms with Crippen LogP contribution < -0.4 is 5.73 Å². The minimum atomic E-state index is -5.35. The predicted octanol–water partition coefficient (Wildman–Crippen LogP) is 1.07. The Balaban J connectivity index is 4.69. The number of esters is 1. The molecule has 0 radical (unpaired) electrons. The van der Waals surface area contributed by atoms with Crippen LogP contribution in [-0.2, 0) is 9.53 Å². The third-order valence-electron chi connectivity index (χ3n) is 1.29. The van der Waals surface area contributed by atoms with Crippen LogP contribution in [0.15, 0.2) is 0 Å². The van der Waals surface area contributed by atoms with E-state index >= 15 is 0 Å². The lowest BCUT2D eigenvalue weighted by molar-refractivity contribution is -0.219. The van der Waals surface area contributed by atoms with Gasteiger partial charge in [0, 0.05) is 0 Å². The van der Waals surface area contributed by atoms with Crippen LogP contribution in [0.25, 0.3) is 0 Å². The Bertz CT molecular complexity index is 215. The van der Waals surface area contributed by atoms with Crippen molar-refractivity contribution in [2.45, 2.75) is 25.1 Å². The van der Waals surface area contributed by atoms with Crippen LogP contribution in [-0.4, -0.2) is 30.7 Å². The number of carbonyl (C=O) groups is 1. The highest BCUT2D eigenvalue weighted by Crippen LogP contribution is 2.31. The molecule has 84 valence electrons. The van der Waals surface area contributed by atoms with E-state index in [2.05, 4.69) is 10.5 Å². The van der Waals surface area contributed by atoms with E-state index in [9.17, 15) is 26.7 Å².